The van der Waals surface area contributed by atoms with Crippen LogP contribution in [0.4, 0.5) is 5.82 Å². The molecule has 4 nitrogen and oxygen atoms in total. The molecular weight excluding hydrogens is 234 g/mol. The monoisotopic (exact) mass is 249 g/mol. The van der Waals surface area contributed by atoms with E-state index < -0.39 is 0 Å². The van der Waals surface area contributed by atoms with Gasteiger partial charge < -0.3 is 9.64 Å². The predicted octanol–water partition coefficient (Wildman–Crippen LogP) is 2.22. The fourth-order valence-electron chi connectivity index (χ4n) is 2.21. The lowest BCUT2D eigenvalue weighted by Crippen LogP contribution is -2.32. The van der Waals surface area contributed by atoms with E-state index in [1.807, 2.05) is 0 Å². The largest absolute Gasteiger partial charge is 0.379 e. The Hall–Kier alpha value is -1.20. The highest BCUT2D eigenvalue weighted by Crippen LogP contribution is 2.31. The van der Waals surface area contributed by atoms with Crippen LogP contribution in [0, 0.1) is 6.92 Å². The van der Waals surface area contributed by atoms with Gasteiger partial charge in [-0.3, -0.25) is 0 Å². The summed E-state index contributed by atoms with van der Waals surface area (Å²) in [6.07, 6.45) is 2.73. The molecule has 5 heteroatoms. The summed E-state index contributed by atoms with van der Waals surface area (Å²) in [5.74, 6) is 1.03. The van der Waals surface area contributed by atoms with Gasteiger partial charge in [0.05, 0.1) is 22.9 Å². The molecule has 2 aromatic rings. The van der Waals surface area contributed by atoms with E-state index in [0.717, 1.165) is 31.0 Å². The van der Waals surface area contributed by atoms with Crippen LogP contribution in [0.5, 0.6) is 0 Å². The number of thiophene rings is 1. The van der Waals surface area contributed by atoms with Crippen molar-refractivity contribution in [2.75, 3.05) is 25.2 Å². The average molecular weight is 249 g/mol. The lowest BCUT2D eigenvalue weighted by molar-refractivity contribution is 0.193. The molecule has 0 aromatic carbocycles. The predicted molar refractivity (Wildman–Crippen MR) is 69.8 cm³/mol. The Bertz CT molecular complexity index is 534. The molecule has 0 aliphatic carbocycles. The molecule has 0 saturated carbocycles. The van der Waals surface area contributed by atoms with E-state index in [1.54, 1.807) is 17.7 Å². The summed E-state index contributed by atoms with van der Waals surface area (Å²) in [5.41, 5.74) is 2.30. The van der Waals surface area contributed by atoms with Crippen LogP contribution >= 0.6 is 11.3 Å². The van der Waals surface area contributed by atoms with Crippen LogP contribution in [0.25, 0.3) is 10.2 Å². The quantitative estimate of drug-likeness (QED) is 0.818. The van der Waals surface area contributed by atoms with Gasteiger partial charge in [-0.15, -0.1) is 11.3 Å². The first-order chi connectivity index (χ1) is 8.27. The topological polar surface area (TPSA) is 38.2 Å². The minimum Gasteiger partial charge on any atom is -0.379 e. The molecule has 17 heavy (non-hydrogen) atoms. The van der Waals surface area contributed by atoms with Gasteiger partial charge in [-0.25, -0.2) is 9.97 Å². The molecule has 1 fully saturated rings. The smallest absolute Gasteiger partial charge is 0.150 e. The first-order valence-electron chi connectivity index (χ1n) is 5.76. The van der Waals surface area contributed by atoms with Gasteiger partial charge in [0.1, 0.15) is 12.1 Å². The van der Waals surface area contributed by atoms with Crippen molar-refractivity contribution < 1.29 is 4.74 Å². The van der Waals surface area contributed by atoms with Gasteiger partial charge in [0, 0.05) is 13.7 Å². The molecule has 3 rings (SSSR count). The van der Waals surface area contributed by atoms with Crippen LogP contribution < -0.4 is 4.90 Å². The Morgan fingerprint density at radius 2 is 2.35 bits per heavy atom. The summed E-state index contributed by atoms with van der Waals surface area (Å²) >= 11 is 1.72. The zero-order valence-electron chi connectivity index (χ0n) is 10.0. The Balaban J connectivity index is 2.04. The zero-order chi connectivity index (χ0) is 11.8. The molecular formula is C12H15N3OS. The number of nitrogens with zero attached hydrogens (tertiary/aromatic N) is 3. The molecule has 0 spiro atoms. The highest BCUT2D eigenvalue weighted by atomic mass is 32.1. The van der Waals surface area contributed by atoms with Crippen LogP contribution in [0.15, 0.2) is 11.7 Å². The third-order valence-corrected chi connectivity index (χ3v) is 4.38. The number of aromatic nitrogens is 2. The summed E-state index contributed by atoms with van der Waals surface area (Å²) in [6, 6.07) is 0.440. The van der Waals surface area contributed by atoms with E-state index in [-0.39, 0.29) is 0 Å². The fraction of sp³-hybridized carbons (Fsp3) is 0.500. The molecule has 0 radical (unpaired) electrons. The van der Waals surface area contributed by atoms with Gasteiger partial charge in [0.2, 0.25) is 0 Å². The van der Waals surface area contributed by atoms with Crippen molar-refractivity contribution in [3.8, 4) is 0 Å². The Kier molecular flexibility index (Phi) is 2.72. The summed E-state index contributed by atoms with van der Waals surface area (Å²) in [5, 5.41) is 2.14. The van der Waals surface area contributed by atoms with E-state index >= 15 is 0 Å². The van der Waals surface area contributed by atoms with Gasteiger partial charge in [-0.05, 0) is 24.3 Å². The van der Waals surface area contributed by atoms with Crippen molar-refractivity contribution in [1.29, 1.82) is 0 Å². The second-order valence-electron chi connectivity index (χ2n) is 4.42. The first kappa shape index (κ1) is 10.9. The van der Waals surface area contributed by atoms with E-state index in [2.05, 4.69) is 34.2 Å². The molecule has 1 atom stereocenters. The van der Waals surface area contributed by atoms with Crippen molar-refractivity contribution in [1.82, 2.24) is 9.97 Å². The number of likely N-dealkylation sites (N-methyl/N-ethyl adjacent to an activating group) is 1. The standard InChI is InChI=1S/C12H15N3OS/c1-8-6-17-11-10(8)13-7-14-12(11)15(2)9-3-4-16-5-9/h6-7,9H,3-5H2,1-2H3. The lowest BCUT2D eigenvalue weighted by Gasteiger charge is -2.24. The maximum absolute atomic E-state index is 5.44. The van der Waals surface area contributed by atoms with Gasteiger partial charge in [-0.1, -0.05) is 0 Å². The minimum absolute atomic E-state index is 0.440. The second-order valence-corrected chi connectivity index (χ2v) is 5.30. The van der Waals surface area contributed by atoms with Gasteiger partial charge in [0.15, 0.2) is 0 Å². The van der Waals surface area contributed by atoms with Crippen LogP contribution in [0.2, 0.25) is 0 Å². The number of rotatable bonds is 2. The molecule has 3 heterocycles. The van der Waals surface area contributed by atoms with Crippen LogP contribution in [0.1, 0.15) is 12.0 Å². The van der Waals surface area contributed by atoms with Crippen LogP contribution in [-0.4, -0.2) is 36.3 Å². The number of aryl methyl sites for hydroxylation is 1. The number of hydrogen-bond donors (Lipinski definition) is 0. The third-order valence-electron chi connectivity index (χ3n) is 3.30. The van der Waals surface area contributed by atoms with Crippen molar-refractivity contribution in [2.45, 2.75) is 19.4 Å². The van der Waals surface area contributed by atoms with Crippen LogP contribution in [0.3, 0.4) is 0 Å². The molecule has 0 amide bonds. The van der Waals surface area contributed by atoms with Gasteiger partial charge in [0.25, 0.3) is 0 Å². The number of ether oxygens (including phenoxy) is 1. The highest BCUT2D eigenvalue weighted by Gasteiger charge is 2.23. The summed E-state index contributed by atoms with van der Waals surface area (Å²) in [6.45, 7) is 3.74. The molecule has 1 aliphatic heterocycles. The SMILES string of the molecule is Cc1csc2c(N(C)C3CCOC3)ncnc12. The number of hydrogen-bond acceptors (Lipinski definition) is 5. The molecule has 0 bridgehead atoms. The summed E-state index contributed by atoms with van der Waals surface area (Å²) in [7, 11) is 2.09. The Labute approximate surface area is 104 Å². The van der Waals surface area contributed by atoms with E-state index in [9.17, 15) is 0 Å². The van der Waals surface area contributed by atoms with E-state index in [4.69, 9.17) is 4.74 Å². The first-order valence-corrected chi connectivity index (χ1v) is 6.64. The highest BCUT2D eigenvalue weighted by molar-refractivity contribution is 7.18. The van der Waals surface area contributed by atoms with Crippen molar-refractivity contribution in [3.05, 3.63) is 17.3 Å². The summed E-state index contributed by atoms with van der Waals surface area (Å²) in [4.78, 5) is 11.0. The Morgan fingerprint density at radius 1 is 1.47 bits per heavy atom. The van der Waals surface area contributed by atoms with E-state index in [1.165, 1.54) is 10.3 Å². The Morgan fingerprint density at radius 3 is 3.12 bits per heavy atom. The van der Waals surface area contributed by atoms with E-state index in [0.29, 0.717) is 6.04 Å². The molecule has 0 N–H and O–H groups in total. The average Bonchev–Trinajstić information content (AvgIpc) is 2.98. The maximum atomic E-state index is 5.44. The minimum atomic E-state index is 0.440. The van der Waals surface area contributed by atoms with Crippen molar-refractivity contribution >= 4 is 27.4 Å². The van der Waals surface area contributed by atoms with Gasteiger partial charge >= 0.3 is 0 Å². The zero-order valence-corrected chi connectivity index (χ0v) is 10.8. The van der Waals surface area contributed by atoms with Gasteiger partial charge in [-0.2, -0.15) is 0 Å². The van der Waals surface area contributed by atoms with Crippen molar-refractivity contribution in [2.24, 2.45) is 0 Å². The fourth-order valence-corrected chi connectivity index (χ4v) is 3.24. The molecule has 1 unspecified atom stereocenters. The normalized spacial score (nSPS) is 20.0. The molecule has 1 saturated heterocycles. The lowest BCUT2D eigenvalue weighted by atomic mass is 10.2. The third kappa shape index (κ3) is 1.79. The second kappa shape index (κ2) is 4.23. The number of anilines is 1. The van der Waals surface area contributed by atoms with Crippen molar-refractivity contribution in [3.63, 3.8) is 0 Å². The molecule has 1 aliphatic rings. The summed E-state index contributed by atoms with van der Waals surface area (Å²) < 4.78 is 6.62. The molecule has 90 valence electrons. The van der Waals surface area contributed by atoms with Crippen LogP contribution in [-0.2, 0) is 4.74 Å². The maximum Gasteiger partial charge on any atom is 0.150 e. The number of fused-ring (bicyclic) bond motifs is 1. The molecule has 2 aromatic heterocycles.